The topological polar surface area (TPSA) is 66.6 Å². The number of nitrogens with one attached hydrogen (secondary N) is 2. The van der Waals surface area contributed by atoms with Gasteiger partial charge in [-0.25, -0.2) is 0 Å². The summed E-state index contributed by atoms with van der Waals surface area (Å²) in [4.78, 5) is 24.2. The molecule has 588 valence electrons. The lowest BCUT2D eigenvalue weighted by molar-refractivity contribution is -0.120. The first-order valence-corrected chi connectivity index (χ1v) is 42.6. The highest BCUT2D eigenvalue weighted by molar-refractivity contribution is 8.00. The normalized spacial score (nSPS) is 21.3. The number of likely N-dealkylation sites (tertiary alicyclic amines) is 2. The summed E-state index contributed by atoms with van der Waals surface area (Å²) >= 11 is 1.73. The van der Waals surface area contributed by atoms with E-state index >= 15 is 0 Å². The van der Waals surface area contributed by atoms with Crippen molar-refractivity contribution in [1.82, 2.24) is 30.2 Å². The van der Waals surface area contributed by atoms with Gasteiger partial charge in [-0.1, -0.05) is 257 Å². The number of ether oxygens (including phenoxy) is 1. The number of amides is 1. The molecule has 6 saturated heterocycles. The van der Waals surface area contributed by atoms with E-state index in [1.165, 1.54) is 158 Å². The Morgan fingerprint density at radius 2 is 0.907 bits per heavy atom. The number of anilines is 1. The summed E-state index contributed by atoms with van der Waals surface area (Å²) in [5.41, 5.74) is 20.2. The van der Waals surface area contributed by atoms with Crippen LogP contribution in [-0.4, -0.2) is 150 Å². The third-order valence-corrected chi connectivity index (χ3v) is 22.6. The molecule has 9 nitrogen and oxygen atoms in total. The lowest BCUT2D eigenvalue weighted by Crippen LogP contribution is -2.50. The Balaban J connectivity index is 0.000000162. The van der Waals surface area contributed by atoms with Gasteiger partial charge in [0.1, 0.15) is 5.25 Å². The Hall–Kier alpha value is -5.56. The summed E-state index contributed by atoms with van der Waals surface area (Å²) < 4.78 is 5.83. The number of hydrogen-bond acceptors (Lipinski definition) is 9. The van der Waals surface area contributed by atoms with E-state index in [2.05, 4.69) is 326 Å². The molecule has 7 heterocycles. The molecule has 107 heavy (non-hydrogen) atoms. The molecule has 0 radical (unpaired) electrons. The SMILES string of the molecule is CC(C)(C)Cc1ccc(C2SCCNC2=O)cc1.CC(C)(C)Cc1ccc(N2CCN3CCCC3C2)cc1.CC(C)Cc1ccc(C2=CCNCC2)cc1.CN1CCC(c2ccc(CC(C)(C)C)cc2)C1.CN1CCCC(c2ccc(CC(C)(C)C)cc2)C1.CN1CCOC(c2ccc(CC(C)(C)C)cc2)C1. The van der Waals surface area contributed by atoms with Gasteiger partial charge in [-0.05, 0) is 248 Å². The smallest absolute Gasteiger partial charge is 0.237 e. The number of hydrogen-bond donors (Lipinski definition) is 2. The van der Waals surface area contributed by atoms with Crippen molar-refractivity contribution in [2.24, 2.45) is 33.0 Å². The van der Waals surface area contributed by atoms with Crippen LogP contribution < -0.4 is 15.5 Å². The van der Waals surface area contributed by atoms with E-state index in [1.807, 2.05) is 0 Å². The van der Waals surface area contributed by atoms with Crippen LogP contribution in [0.15, 0.2) is 152 Å². The molecule has 13 rings (SSSR count). The van der Waals surface area contributed by atoms with Gasteiger partial charge in [0.25, 0.3) is 0 Å². The summed E-state index contributed by atoms with van der Waals surface area (Å²) in [5.74, 6) is 3.38. The summed E-state index contributed by atoms with van der Waals surface area (Å²) in [5, 5.41) is 6.24. The summed E-state index contributed by atoms with van der Waals surface area (Å²) in [7, 11) is 6.61. The molecule has 0 spiro atoms. The summed E-state index contributed by atoms with van der Waals surface area (Å²) in [6, 6.07) is 55.3. The number of morpholine rings is 1. The molecule has 1 amide bonds. The number of benzene rings is 6. The minimum absolute atomic E-state index is 0.0255. The van der Waals surface area contributed by atoms with Crippen LogP contribution in [0.1, 0.15) is 241 Å². The lowest BCUT2D eigenvalue weighted by atomic mass is 9.86. The minimum Gasteiger partial charge on any atom is -0.371 e. The Kier molecular flexibility index (Phi) is 33.4. The molecule has 10 heteroatoms. The van der Waals surface area contributed by atoms with Crippen LogP contribution in [0.4, 0.5) is 5.69 Å². The monoisotopic (exact) mass is 1470 g/mol. The maximum Gasteiger partial charge on any atom is 0.237 e. The molecule has 0 saturated carbocycles. The summed E-state index contributed by atoms with van der Waals surface area (Å²) in [6.07, 6.45) is 17.3. The third-order valence-electron chi connectivity index (χ3n) is 21.3. The molecule has 5 atom stereocenters. The first kappa shape index (κ1) is 87.0. The van der Waals surface area contributed by atoms with E-state index in [4.69, 9.17) is 4.74 Å². The van der Waals surface area contributed by atoms with Gasteiger partial charge >= 0.3 is 0 Å². The van der Waals surface area contributed by atoms with Crippen LogP contribution in [0.25, 0.3) is 5.57 Å². The second-order valence-corrected chi connectivity index (χ2v) is 40.3. The van der Waals surface area contributed by atoms with Gasteiger partial charge < -0.3 is 35.0 Å². The molecule has 7 aliphatic heterocycles. The van der Waals surface area contributed by atoms with Gasteiger partial charge in [-0.3, -0.25) is 9.69 Å². The quantitative estimate of drug-likeness (QED) is 0.118. The minimum atomic E-state index is -0.0255. The number of likely N-dealkylation sites (N-methyl/N-ethyl adjacent to an activating group) is 3. The van der Waals surface area contributed by atoms with Crippen molar-refractivity contribution in [3.05, 3.63) is 213 Å². The number of piperazine rings is 1. The lowest BCUT2D eigenvalue weighted by Gasteiger charge is -2.38. The highest BCUT2D eigenvalue weighted by atomic mass is 32.2. The zero-order chi connectivity index (χ0) is 77.5. The van der Waals surface area contributed by atoms with Crippen molar-refractivity contribution in [2.45, 2.75) is 224 Å². The second kappa shape index (κ2) is 41.1. The van der Waals surface area contributed by atoms with Gasteiger partial charge in [0.05, 0.1) is 12.7 Å². The van der Waals surface area contributed by atoms with Crippen LogP contribution in [0.2, 0.25) is 0 Å². The number of rotatable bonds is 13. The van der Waals surface area contributed by atoms with Crippen molar-refractivity contribution in [1.29, 1.82) is 0 Å². The average molecular weight is 1480 g/mol. The Morgan fingerprint density at radius 3 is 1.36 bits per heavy atom. The molecule has 0 bridgehead atoms. The van der Waals surface area contributed by atoms with Gasteiger partial charge in [0.15, 0.2) is 0 Å². The first-order valence-electron chi connectivity index (χ1n) is 41.5. The highest BCUT2D eigenvalue weighted by Gasteiger charge is 2.31. The van der Waals surface area contributed by atoms with Crippen LogP contribution >= 0.6 is 11.8 Å². The predicted octanol–water partition coefficient (Wildman–Crippen LogP) is 21.1. The standard InChI is InChI=1S/C18H28N2.C17H27N.C16H25NO.C16H25N.C15H21NOS.C15H21N/c1-18(2,3)13-15-6-8-16(9-7-15)20-12-11-19-10-4-5-17(19)14-20;1-17(2,3)12-14-7-9-15(10-8-14)16-6-5-11-18(4)13-16;1-16(2,3)11-13-5-7-14(8-6-13)15-12-17(4)9-10-18-15;1-16(2,3)11-13-5-7-14(8-6-13)15-9-10-17(4)12-15;1-15(2,3)10-11-4-6-12(7-5-11)13-14(17)16-8-9-18-13;1-12(2)11-13-3-5-14(6-4-13)15-7-9-16-10-8-15/h6-9,17H,4-5,10-14H2,1-3H3;7-10,16H,5-6,11-13H2,1-4H3;5-8,15H,9-12H2,1-4H3;5-8,15H,9-12H2,1-4H3;4-7,13H,8-10H2,1-3H3,(H,16,17);3-7,12,16H,8-11H2,1-2H3. The van der Waals surface area contributed by atoms with E-state index < -0.39 is 0 Å². The van der Waals surface area contributed by atoms with E-state index in [0.29, 0.717) is 27.1 Å². The molecular weight excluding hydrogens is 1330 g/mol. The Bertz CT molecular complexity index is 3490. The Labute approximate surface area is 658 Å². The molecular formula is C97H147N7O2S. The van der Waals surface area contributed by atoms with Crippen molar-refractivity contribution < 1.29 is 9.53 Å². The predicted molar refractivity (Wildman–Crippen MR) is 464 cm³/mol. The zero-order valence-corrected chi connectivity index (χ0v) is 71.8. The van der Waals surface area contributed by atoms with Crippen LogP contribution in [0.3, 0.4) is 0 Å². The second-order valence-electron chi connectivity index (χ2n) is 39.1. The van der Waals surface area contributed by atoms with Crippen molar-refractivity contribution in [3.8, 4) is 0 Å². The van der Waals surface area contributed by atoms with Gasteiger partial charge in [-0.15, -0.1) is 11.8 Å². The van der Waals surface area contributed by atoms with Gasteiger partial charge in [0, 0.05) is 76.4 Å². The maximum atomic E-state index is 11.8. The highest BCUT2D eigenvalue weighted by Crippen LogP contribution is 2.35. The average Bonchev–Trinajstić information content (AvgIpc) is 1.73. The molecule has 7 aliphatic rings. The maximum absolute atomic E-state index is 11.8. The Morgan fingerprint density at radius 1 is 0.458 bits per heavy atom. The first-order chi connectivity index (χ1) is 50.5. The number of carbonyl (C=O) groups excluding carboxylic acids is 1. The van der Waals surface area contributed by atoms with E-state index in [0.717, 1.165) is 113 Å². The fraction of sp³-hybridized carbons (Fsp3) is 0.598. The van der Waals surface area contributed by atoms with E-state index in [-0.39, 0.29) is 17.3 Å². The van der Waals surface area contributed by atoms with Crippen LogP contribution in [0, 0.1) is 33.0 Å². The summed E-state index contributed by atoms with van der Waals surface area (Å²) in [6.45, 7) is 54.5. The van der Waals surface area contributed by atoms with Crippen LogP contribution in [-0.2, 0) is 48.1 Å². The van der Waals surface area contributed by atoms with Gasteiger partial charge in [0.2, 0.25) is 5.91 Å². The van der Waals surface area contributed by atoms with E-state index in [1.54, 1.807) is 11.8 Å². The molecule has 0 aromatic heterocycles. The van der Waals surface area contributed by atoms with Crippen molar-refractivity contribution in [3.63, 3.8) is 0 Å². The number of nitrogens with zero attached hydrogens (tertiary/aromatic N) is 5. The van der Waals surface area contributed by atoms with Crippen molar-refractivity contribution in [2.75, 3.05) is 123 Å². The molecule has 0 aliphatic carbocycles. The number of fused-ring (bicyclic) bond motifs is 1. The molecule has 2 N–H and O–H groups in total. The largest absolute Gasteiger partial charge is 0.371 e. The van der Waals surface area contributed by atoms with Crippen molar-refractivity contribution >= 4 is 28.9 Å². The molecule has 6 aromatic rings. The number of piperidine rings is 1. The number of thioether (sulfide) groups is 1. The molecule has 5 unspecified atom stereocenters. The van der Waals surface area contributed by atoms with E-state index in [9.17, 15) is 4.79 Å². The molecule has 6 aromatic carbocycles. The van der Waals surface area contributed by atoms with Gasteiger partial charge in [-0.2, -0.15) is 0 Å². The zero-order valence-electron chi connectivity index (χ0n) is 71.0. The van der Waals surface area contributed by atoms with Crippen LogP contribution in [0.5, 0.6) is 0 Å². The third kappa shape index (κ3) is 32.0. The number of carbonyl (C=O) groups is 1. The molecule has 6 fully saturated rings. The fourth-order valence-electron chi connectivity index (χ4n) is 16.2. The fourth-order valence-corrected chi connectivity index (χ4v) is 17.2.